The van der Waals surface area contributed by atoms with Crippen molar-refractivity contribution in [2.24, 2.45) is 0 Å². The highest BCUT2D eigenvalue weighted by molar-refractivity contribution is 6.29. The maximum Gasteiger partial charge on any atom is 0.0620 e. The lowest BCUT2D eigenvalue weighted by Crippen LogP contribution is -1.99. The van der Waals surface area contributed by atoms with Gasteiger partial charge in [0.05, 0.1) is 38.8 Å². The van der Waals surface area contributed by atoms with Gasteiger partial charge in [-0.05, 0) is 60.7 Å². The minimum Gasteiger partial charge on any atom is -0.309 e. The zero-order chi connectivity index (χ0) is 33.5. The number of fused-ring (bicyclic) bond motifs is 10. The SMILES string of the molecule is c1ccc(-n2c3ccccc3c3c4c5ccccc5n(-c5ccccc5-c5cccc6c7ccccc7n(-c7ccccc7)c56)c4ccc32)cc1. The van der Waals surface area contributed by atoms with Gasteiger partial charge in [-0.2, -0.15) is 0 Å². The molecule has 0 atom stereocenters. The van der Waals surface area contributed by atoms with Crippen molar-refractivity contribution in [3.8, 4) is 28.2 Å². The first kappa shape index (κ1) is 28.0. The number of benzene rings is 8. The Bertz CT molecular complexity index is 3120. The second-order valence-corrected chi connectivity index (χ2v) is 13.3. The van der Waals surface area contributed by atoms with Crippen molar-refractivity contribution in [2.75, 3.05) is 0 Å². The van der Waals surface area contributed by atoms with Crippen molar-refractivity contribution >= 4 is 65.4 Å². The second-order valence-electron chi connectivity index (χ2n) is 13.3. The fourth-order valence-electron chi connectivity index (χ4n) is 8.61. The third kappa shape index (κ3) is 3.94. The van der Waals surface area contributed by atoms with Gasteiger partial charge >= 0.3 is 0 Å². The van der Waals surface area contributed by atoms with Crippen LogP contribution in [0.2, 0.25) is 0 Å². The van der Waals surface area contributed by atoms with E-state index in [1.165, 1.54) is 82.2 Å². The highest BCUT2D eigenvalue weighted by Gasteiger charge is 2.23. The van der Waals surface area contributed by atoms with Crippen LogP contribution in [0.5, 0.6) is 0 Å². The van der Waals surface area contributed by atoms with Crippen LogP contribution >= 0.6 is 0 Å². The van der Waals surface area contributed by atoms with Gasteiger partial charge < -0.3 is 13.7 Å². The molecule has 0 aliphatic rings. The Kier molecular flexibility index (Phi) is 5.96. The maximum atomic E-state index is 2.49. The van der Waals surface area contributed by atoms with E-state index in [-0.39, 0.29) is 0 Å². The number of hydrogen-bond acceptors (Lipinski definition) is 0. The van der Waals surface area contributed by atoms with Crippen molar-refractivity contribution < 1.29 is 0 Å². The van der Waals surface area contributed by atoms with Gasteiger partial charge in [-0.15, -0.1) is 0 Å². The minimum atomic E-state index is 1.16. The number of rotatable bonds is 4. The summed E-state index contributed by atoms with van der Waals surface area (Å²) in [6.07, 6.45) is 0. The average molecular weight is 650 g/mol. The highest BCUT2D eigenvalue weighted by atomic mass is 15.0. The molecule has 0 unspecified atom stereocenters. The summed E-state index contributed by atoms with van der Waals surface area (Å²) in [5, 5.41) is 7.57. The van der Waals surface area contributed by atoms with Crippen LogP contribution in [0.25, 0.3) is 93.6 Å². The van der Waals surface area contributed by atoms with E-state index in [2.05, 4.69) is 202 Å². The summed E-state index contributed by atoms with van der Waals surface area (Å²) in [4.78, 5) is 0. The number of nitrogens with zero attached hydrogens (tertiary/aromatic N) is 3. The predicted octanol–water partition coefficient (Wildman–Crippen LogP) is 12.6. The molecule has 0 spiro atoms. The van der Waals surface area contributed by atoms with E-state index >= 15 is 0 Å². The molecule has 11 aromatic rings. The Morgan fingerprint density at radius 2 is 0.706 bits per heavy atom. The molecule has 8 aromatic carbocycles. The van der Waals surface area contributed by atoms with Gasteiger partial charge in [0, 0.05) is 54.8 Å². The molecule has 0 saturated carbocycles. The number of hydrogen-bond donors (Lipinski definition) is 0. The molecule has 0 fully saturated rings. The fraction of sp³-hybridized carbons (Fsp3) is 0. The van der Waals surface area contributed by atoms with E-state index in [0.717, 1.165) is 11.4 Å². The van der Waals surface area contributed by atoms with Crippen molar-refractivity contribution in [2.45, 2.75) is 0 Å². The Morgan fingerprint density at radius 3 is 1.37 bits per heavy atom. The molecule has 0 radical (unpaired) electrons. The lowest BCUT2D eigenvalue weighted by molar-refractivity contribution is 1.17. The van der Waals surface area contributed by atoms with Crippen LogP contribution in [0.15, 0.2) is 188 Å². The van der Waals surface area contributed by atoms with Crippen LogP contribution in [0, 0.1) is 0 Å². The normalized spacial score (nSPS) is 11.9. The molecule has 3 heteroatoms. The Morgan fingerprint density at radius 1 is 0.255 bits per heavy atom. The second kappa shape index (κ2) is 10.8. The third-order valence-corrected chi connectivity index (χ3v) is 10.6. The lowest BCUT2D eigenvalue weighted by atomic mass is 9.99. The van der Waals surface area contributed by atoms with Crippen LogP contribution in [-0.4, -0.2) is 13.7 Å². The van der Waals surface area contributed by atoms with E-state index in [4.69, 9.17) is 0 Å². The van der Waals surface area contributed by atoms with Gasteiger partial charge in [0.1, 0.15) is 0 Å². The molecule has 0 N–H and O–H groups in total. The zero-order valence-electron chi connectivity index (χ0n) is 27.7. The van der Waals surface area contributed by atoms with E-state index < -0.39 is 0 Å². The summed E-state index contributed by atoms with van der Waals surface area (Å²) in [6, 6.07) is 68.3. The van der Waals surface area contributed by atoms with Crippen molar-refractivity contribution in [1.82, 2.24) is 13.7 Å². The lowest BCUT2D eigenvalue weighted by Gasteiger charge is -2.17. The Balaban J connectivity index is 1.26. The summed E-state index contributed by atoms with van der Waals surface area (Å²) < 4.78 is 7.33. The average Bonchev–Trinajstić information content (AvgIpc) is 3.84. The first-order valence-electron chi connectivity index (χ1n) is 17.5. The van der Waals surface area contributed by atoms with Gasteiger partial charge in [0.2, 0.25) is 0 Å². The molecule has 11 rings (SSSR count). The summed E-state index contributed by atoms with van der Waals surface area (Å²) >= 11 is 0. The summed E-state index contributed by atoms with van der Waals surface area (Å²) in [6.45, 7) is 0. The van der Waals surface area contributed by atoms with E-state index in [1.807, 2.05) is 0 Å². The highest BCUT2D eigenvalue weighted by Crippen LogP contribution is 2.45. The van der Waals surface area contributed by atoms with Crippen LogP contribution in [0.1, 0.15) is 0 Å². The fourth-order valence-corrected chi connectivity index (χ4v) is 8.61. The smallest absolute Gasteiger partial charge is 0.0620 e. The molecule has 0 bridgehead atoms. The van der Waals surface area contributed by atoms with Gasteiger partial charge in [-0.1, -0.05) is 127 Å². The summed E-state index contributed by atoms with van der Waals surface area (Å²) in [7, 11) is 0. The van der Waals surface area contributed by atoms with Gasteiger partial charge in [0.15, 0.2) is 0 Å². The van der Waals surface area contributed by atoms with Crippen molar-refractivity contribution in [3.05, 3.63) is 188 Å². The van der Waals surface area contributed by atoms with Gasteiger partial charge in [0.25, 0.3) is 0 Å². The van der Waals surface area contributed by atoms with Crippen LogP contribution < -0.4 is 0 Å². The molecule has 51 heavy (non-hydrogen) atoms. The van der Waals surface area contributed by atoms with E-state index in [9.17, 15) is 0 Å². The van der Waals surface area contributed by atoms with Gasteiger partial charge in [-0.25, -0.2) is 0 Å². The third-order valence-electron chi connectivity index (χ3n) is 10.6. The molecule has 3 nitrogen and oxygen atoms in total. The monoisotopic (exact) mass is 649 g/mol. The zero-order valence-corrected chi connectivity index (χ0v) is 27.7. The molecule has 3 heterocycles. The molecule has 0 aliphatic carbocycles. The summed E-state index contributed by atoms with van der Waals surface area (Å²) in [5.41, 5.74) is 13.1. The van der Waals surface area contributed by atoms with Crippen molar-refractivity contribution in [1.29, 1.82) is 0 Å². The maximum absolute atomic E-state index is 2.49. The quantitative estimate of drug-likeness (QED) is 0.180. The largest absolute Gasteiger partial charge is 0.309 e. The molecule has 0 saturated heterocycles. The van der Waals surface area contributed by atoms with Gasteiger partial charge in [-0.3, -0.25) is 0 Å². The number of para-hydroxylation sites is 7. The Labute approximate surface area is 294 Å². The van der Waals surface area contributed by atoms with Crippen LogP contribution in [-0.2, 0) is 0 Å². The molecule has 3 aromatic heterocycles. The van der Waals surface area contributed by atoms with Crippen molar-refractivity contribution in [3.63, 3.8) is 0 Å². The Hall–Kier alpha value is -6.84. The molecular weight excluding hydrogens is 619 g/mol. The topological polar surface area (TPSA) is 14.8 Å². The molecule has 0 aliphatic heterocycles. The first-order chi connectivity index (χ1) is 25.4. The predicted molar refractivity (Wildman–Crippen MR) is 215 cm³/mol. The minimum absolute atomic E-state index is 1.16. The van der Waals surface area contributed by atoms with Crippen LogP contribution in [0.3, 0.4) is 0 Å². The molecule has 0 amide bonds. The molecular formula is C48H31N3. The van der Waals surface area contributed by atoms with Crippen LogP contribution in [0.4, 0.5) is 0 Å². The molecule has 238 valence electrons. The summed E-state index contributed by atoms with van der Waals surface area (Å²) in [5.74, 6) is 0. The first-order valence-corrected chi connectivity index (χ1v) is 17.5. The van der Waals surface area contributed by atoms with E-state index in [0.29, 0.717) is 0 Å². The number of aromatic nitrogens is 3. The van der Waals surface area contributed by atoms with E-state index in [1.54, 1.807) is 0 Å². The standard InChI is InChI=1S/C48H31N3/c1-3-16-32(17-4-1)49-42-28-13-9-22-38(42)46-44(49)30-31-45-47(46)39-23-10-14-29-43(39)51(45)41-27-12-8-21-35(41)37-25-15-24-36-34-20-7-11-26-40(34)50(48(36)37)33-18-5-2-6-19-33/h1-31H.